The highest BCUT2D eigenvalue weighted by atomic mass is 35.5. The number of benzene rings is 1. The van der Waals surface area contributed by atoms with Gasteiger partial charge in [0.25, 0.3) is 0 Å². The smallest absolute Gasteiger partial charge is 0.361 e. The lowest BCUT2D eigenvalue weighted by molar-refractivity contribution is -0.119. The SMILES string of the molecule is CCCN(CC(F)(F)F)c1cc(Cl)ccc1C#N. The molecule has 0 aliphatic heterocycles. The molecule has 0 radical (unpaired) electrons. The summed E-state index contributed by atoms with van der Waals surface area (Å²) < 4.78 is 37.5. The molecule has 1 aromatic carbocycles. The second-order valence-corrected chi connectivity index (χ2v) is 4.25. The van der Waals surface area contributed by atoms with Crippen LogP contribution in [-0.2, 0) is 0 Å². The fourth-order valence-electron chi connectivity index (χ4n) is 1.63. The lowest BCUT2D eigenvalue weighted by atomic mass is 10.1. The van der Waals surface area contributed by atoms with Crippen LogP contribution >= 0.6 is 11.6 Å². The summed E-state index contributed by atoms with van der Waals surface area (Å²) in [5, 5.41) is 9.24. The minimum Gasteiger partial charge on any atom is -0.361 e. The van der Waals surface area contributed by atoms with Crippen molar-refractivity contribution in [3.8, 4) is 6.07 Å². The lowest BCUT2D eigenvalue weighted by Crippen LogP contribution is -2.35. The molecule has 0 atom stereocenters. The predicted octanol–water partition coefficient (Wildman–Crippen LogP) is 3.99. The van der Waals surface area contributed by atoms with Crippen LogP contribution < -0.4 is 4.90 Å². The van der Waals surface area contributed by atoms with E-state index in [1.54, 1.807) is 6.92 Å². The number of nitrogens with zero attached hydrogens (tertiary/aromatic N) is 2. The van der Waals surface area contributed by atoms with Gasteiger partial charge >= 0.3 is 6.18 Å². The first-order valence-electron chi connectivity index (χ1n) is 5.38. The lowest BCUT2D eigenvalue weighted by Gasteiger charge is -2.26. The van der Waals surface area contributed by atoms with E-state index in [2.05, 4.69) is 0 Å². The number of alkyl halides is 3. The molecule has 0 heterocycles. The number of nitriles is 1. The molecule has 0 aromatic heterocycles. The van der Waals surface area contributed by atoms with Crippen LogP contribution in [0.2, 0.25) is 5.02 Å². The maximum atomic E-state index is 12.5. The van der Waals surface area contributed by atoms with E-state index in [4.69, 9.17) is 16.9 Å². The Bertz CT molecular complexity index is 452. The van der Waals surface area contributed by atoms with Gasteiger partial charge in [0.1, 0.15) is 12.6 Å². The largest absolute Gasteiger partial charge is 0.405 e. The standard InChI is InChI=1S/C12H12ClF3N2/c1-2-5-18(8-12(14,15)16)11-6-10(13)4-3-9(11)7-17/h3-4,6H,2,5,8H2,1H3. The normalized spacial score (nSPS) is 11.1. The fraction of sp³-hybridized carbons (Fsp3) is 0.417. The second kappa shape index (κ2) is 5.96. The summed E-state index contributed by atoms with van der Waals surface area (Å²) in [5.41, 5.74) is 0.418. The van der Waals surface area contributed by atoms with Crippen molar-refractivity contribution in [3.63, 3.8) is 0 Å². The van der Waals surface area contributed by atoms with Crippen molar-refractivity contribution in [3.05, 3.63) is 28.8 Å². The van der Waals surface area contributed by atoms with Gasteiger partial charge in [-0.05, 0) is 24.6 Å². The van der Waals surface area contributed by atoms with Gasteiger partial charge in [-0.15, -0.1) is 0 Å². The Kier molecular flexibility index (Phi) is 4.85. The van der Waals surface area contributed by atoms with Crippen molar-refractivity contribution in [1.29, 1.82) is 5.26 Å². The molecule has 0 N–H and O–H groups in total. The summed E-state index contributed by atoms with van der Waals surface area (Å²) in [4.78, 5) is 1.13. The monoisotopic (exact) mass is 276 g/mol. The van der Waals surface area contributed by atoms with Crippen molar-refractivity contribution >= 4 is 17.3 Å². The van der Waals surface area contributed by atoms with Gasteiger partial charge in [0.2, 0.25) is 0 Å². The summed E-state index contributed by atoms with van der Waals surface area (Å²) in [6.45, 7) is 0.907. The van der Waals surface area contributed by atoms with Crippen LogP contribution in [-0.4, -0.2) is 19.3 Å². The van der Waals surface area contributed by atoms with Gasteiger partial charge in [0.15, 0.2) is 0 Å². The van der Waals surface area contributed by atoms with E-state index in [1.807, 2.05) is 6.07 Å². The Labute approximate surface area is 109 Å². The molecule has 6 heteroatoms. The van der Waals surface area contributed by atoms with Crippen molar-refractivity contribution in [2.75, 3.05) is 18.0 Å². The fourth-order valence-corrected chi connectivity index (χ4v) is 1.80. The van der Waals surface area contributed by atoms with Crippen LogP contribution in [0.4, 0.5) is 18.9 Å². The van der Waals surface area contributed by atoms with E-state index in [0.29, 0.717) is 11.4 Å². The molecule has 0 saturated heterocycles. The molecule has 2 nitrogen and oxygen atoms in total. The molecule has 0 fully saturated rings. The van der Waals surface area contributed by atoms with Crippen molar-refractivity contribution in [2.45, 2.75) is 19.5 Å². The molecule has 0 bridgehead atoms. The zero-order valence-corrected chi connectivity index (χ0v) is 10.5. The average molecular weight is 277 g/mol. The summed E-state index contributed by atoms with van der Waals surface area (Å²) >= 11 is 5.77. The quantitative estimate of drug-likeness (QED) is 0.831. The molecule has 0 amide bonds. The minimum atomic E-state index is -4.32. The third kappa shape index (κ3) is 4.11. The molecule has 1 rings (SSSR count). The summed E-state index contributed by atoms with van der Waals surface area (Å²) in [6, 6.07) is 6.18. The van der Waals surface area contributed by atoms with Gasteiger partial charge in [0.05, 0.1) is 11.3 Å². The van der Waals surface area contributed by atoms with Crippen molar-refractivity contribution in [1.82, 2.24) is 0 Å². The maximum absolute atomic E-state index is 12.5. The van der Waals surface area contributed by atoms with Gasteiger partial charge in [-0.1, -0.05) is 18.5 Å². The third-order valence-corrected chi connectivity index (χ3v) is 2.52. The highest BCUT2D eigenvalue weighted by Crippen LogP contribution is 2.28. The van der Waals surface area contributed by atoms with Gasteiger partial charge in [-0.3, -0.25) is 0 Å². The first-order valence-corrected chi connectivity index (χ1v) is 5.76. The zero-order valence-electron chi connectivity index (χ0n) is 9.76. The Hall–Kier alpha value is -1.41. The van der Waals surface area contributed by atoms with Crippen LogP contribution in [0.25, 0.3) is 0 Å². The molecule has 0 aliphatic carbocycles. The Morgan fingerprint density at radius 3 is 2.56 bits per heavy atom. The Morgan fingerprint density at radius 1 is 1.39 bits per heavy atom. The summed E-state index contributed by atoms with van der Waals surface area (Å²) in [6.07, 6.45) is -3.77. The molecular weight excluding hydrogens is 265 g/mol. The molecule has 0 unspecified atom stereocenters. The average Bonchev–Trinajstić information content (AvgIpc) is 2.26. The summed E-state index contributed by atoms with van der Waals surface area (Å²) in [7, 11) is 0. The number of anilines is 1. The molecule has 18 heavy (non-hydrogen) atoms. The highest BCUT2D eigenvalue weighted by Gasteiger charge is 2.31. The van der Waals surface area contributed by atoms with Crippen LogP contribution in [0.1, 0.15) is 18.9 Å². The molecule has 0 spiro atoms. The molecule has 0 saturated carbocycles. The van der Waals surface area contributed by atoms with Gasteiger partial charge < -0.3 is 4.90 Å². The molecule has 98 valence electrons. The second-order valence-electron chi connectivity index (χ2n) is 3.81. The van der Waals surface area contributed by atoms with Crippen LogP contribution in [0.15, 0.2) is 18.2 Å². The first-order chi connectivity index (χ1) is 8.37. The van der Waals surface area contributed by atoms with E-state index in [0.717, 1.165) is 4.90 Å². The molecule has 0 aliphatic rings. The maximum Gasteiger partial charge on any atom is 0.405 e. The predicted molar refractivity (Wildman–Crippen MR) is 64.7 cm³/mol. The van der Waals surface area contributed by atoms with Crippen LogP contribution in [0.3, 0.4) is 0 Å². The number of hydrogen-bond acceptors (Lipinski definition) is 2. The number of hydrogen-bond donors (Lipinski definition) is 0. The van der Waals surface area contributed by atoms with E-state index in [-0.39, 0.29) is 17.8 Å². The van der Waals surface area contributed by atoms with Gasteiger partial charge in [0, 0.05) is 11.6 Å². The Morgan fingerprint density at radius 2 is 2.06 bits per heavy atom. The van der Waals surface area contributed by atoms with Crippen molar-refractivity contribution < 1.29 is 13.2 Å². The van der Waals surface area contributed by atoms with Crippen molar-refractivity contribution in [2.24, 2.45) is 0 Å². The summed E-state index contributed by atoms with van der Waals surface area (Å²) in [5.74, 6) is 0. The number of rotatable bonds is 4. The molecule has 1 aromatic rings. The van der Waals surface area contributed by atoms with E-state index < -0.39 is 12.7 Å². The number of halogens is 4. The van der Waals surface area contributed by atoms with Crippen LogP contribution in [0.5, 0.6) is 0 Å². The highest BCUT2D eigenvalue weighted by molar-refractivity contribution is 6.30. The Balaban J connectivity index is 3.12. The van der Waals surface area contributed by atoms with E-state index in [9.17, 15) is 13.2 Å². The van der Waals surface area contributed by atoms with E-state index >= 15 is 0 Å². The molecular formula is C12H12ClF3N2. The zero-order chi connectivity index (χ0) is 13.8. The van der Waals surface area contributed by atoms with Gasteiger partial charge in [-0.25, -0.2) is 0 Å². The third-order valence-electron chi connectivity index (χ3n) is 2.28. The first kappa shape index (κ1) is 14.7. The van der Waals surface area contributed by atoms with E-state index in [1.165, 1.54) is 18.2 Å². The van der Waals surface area contributed by atoms with Gasteiger partial charge in [-0.2, -0.15) is 18.4 Å². The topological polar surface area (TPSA) is 27.0 Å². The minimum absolute atomic E-state index is 0.192. The van der Waals surface area contributed by atoms with Crippen LogP contribution in [0, 0.1) is 11.3 Å².